The zero-order chi connectivity index (χ0) is 12.3. The molecule has 0 saturated carbocycles. The van der Waals surface area contributed by atoms with Gasteiger partial charge in [-0.2, -0.15) is 0 Å². The molecule has 2 nitrogen and oxygen atoms in total. The van der Waals surface area contributed by atoms with Crippen molar-refractivity contribution < 1.29 is 8.78 Å². The van der Waals surface area contributed by atoms with E-state index in [-0.39, 0.29) is 0 Å². The highest BCUT2D eigenvalue weighted by Crippen LogP contribution is 2.26. The molecular weight excluding hydrogens is 242 g/mol. The Kier molecular flexibility index (Phi) is 3.58. The largest absolute Gasteiger partial charge is 0.397 e. The van der Waals surface area contributed by atoms with Gasteiger partial charge in [0.05, 0.1) is 5.69 Å². The van der Waals surface area contributed by atoms with Crippen molar-refractivity contribution in [2.75, 3.05) is 5.73 Å². The minimum absolute atomic E-state index is 0.296. The van der Waals surface area contributed by atoms with E-state index in [1.165, 1.54) is 17.8 Å². The lowest BCUT2D eigenvalue weighted by atomic mass is 10.2. The monoisotopic (exact) mass is 252 g/mol. The topological polar surface area (TPSA) is 38.9 Å². The number of aromatic nitrogens is 1. The SMILES string of the molecule is Nc1cccnc1SCc1cc(F)ccc1F. The number of nitrogens with two attached hydrogens (primary N) is 1. The Labute approximate surface area is 102 Å². The molecule has 0 aliphatic heterocycles. The third-order valence-corrected chi connectivity index (χ3v) is 3.24. The average molecular weight is 252 g/mol. The van der Waals surface area contributed by atoms with Crippen LogP contribution in [0.15, 0.2) is 41.6 Å². The number of anilines is 1. The number of nitrogen functional groups attached to an aromatic ring is 1. The van der Waals surface area contributed by atoms with Gasteiger partial charge in [-0.25, -0.2) is 13.8 Å². The summed E-state index contributed by atoms with van der Waals surface area (Å²) < 4.78 is 26.3. The Morgan fingerprint density at radius 3 is 2.82 bits per heavy atom. The fourth-order valence-electron chi connectivity index (χ4n) is 1.32. The van der Waals surface area contributed by atoms with Crippen LogP contribution >= 0.6 is 11.8 Å². The Balaban J connectivity index is 2.12. The molecule has 0 radical (unpaired) electrons. The molecule has 1 heterocycles. The second-order valence-corrected chi connectivity index (χ2v) is 4.39. The van der Waals surface area contributed by atoms with Crippen LogP contribution in [0.5, 0.6) is 0 Å². The van der Waals surface area contributed by atoms with Crippen LogP contribution in [0.25, 0.3) is 0 Å². The van der Waals surface area contributed by atoms with Crippen LogP contribution in [0.2, 0.25) is 0 Å². The number of thioether (sulfide) groups is 1. The molecule has 0 spiro atoms. The molecule has 0 amide bonds. The number of nitrogens with zero attached hydrogens (tertiary/aromatic N) is 1. The van der Waals surface area contributed by atoms with Gasteiger partial charge in [-0.15, -0.1) is 0 Å². The maximum atomic E-state index is 13.3. The van der Waals surface area contributed by atoms with Crippen molar-refractivity contribution in [2.45, 2.75) is 10.8 Å². The maximum Gasteiger partial charge on any atom is 0.127 e. The molecule has 5 heteroatoms. The summed E-state index contributed by atoms with van der Waals surface area (Å²) in [4.78, 5) is 4.07. The molecule has 1 aromatic heterocycles. The second kappa shape index (κ2) is 5.14. The molecule has 1 aromatic carbocycles. The lowest BCUT2D eigenvalue weighted by molar-refractivity contribution is 0.591. The van der Waals surface area contributed by atoms with Crippen LogP contribution in [-0.4, -0.2) is 4.98 Å². The number of hydrogen-bond acceptors (Lipinski definition) is 3. The molecule has 0 atom stereocenters. The van der Waals surface area contributed by atoms with E-state index in [1.807, 2.05) is 0 Å². The van der Waals surface area contributed by atoms with Gasteiger partial charge in [-0.05, 0) is 30.3 Å². The molecule has 0 unspecified atom stereocenters. The summed E-state index contributed by atoms with van der Waals surface area (Å²) in [5, 5.41) is 0.621. The molecule has 17 heavy (non-hydrogen) atoms. The Hall–Kier alpha value is -1.62. The normalized spacial score (nSPS) is 10.5. The van der Waals surface area contributed by atoms with Gasteiger partial charge in [-0.3, -0.25) is 0 Å². The first-order chi connectivity index (χ1) is 8.16. The van der Waals surface area contributed by atoms with Gasteiger partial charge in [0.25, 0.3) is 0 Å². The van der Waals surface area contributed by atoms with Crippen molar-refractivity contribution in [3.05, 3.63) is 53.7 Å². The summed E-state index contributed by atoms with van der Waals surface area (Å²) >= 11 is 1.28. The predicted octanol–water partition coefficient (Wildman–Crippen LogP) is 3.23. The number of pyridine rings is 1. The van der Waals surface area contributed by atoms with Crippen LogP contribution in [-0.2, 0) is 5.75 Å². The van der Waals surface area contributed by atoms with Crippen LogP contribution in [0.3, 0.4) is 0 Å². The summed E-state index contributed by atoms with van der Waals surface area (Å²) in [7, 11) is 0. The molecule has 0 saturated heterocycles. The third kappa shape index (κ3) is 2.94. The van der Waals surface area contributed by atoms with Crippen LogP contribution in [0, 0.1) is 11.6 Å². The summed E-state index contributed by atoms with van der Waals surface area (Å²) in [5.41, 5.74) is 6.54. The first-order valence-electron chi connectivity index (χ1n) is 4.94. The first-order valence-corrected chi connectivity index (χ1v) is 5.92. The standard InChI is InChI=1S/C12H10F2N2S/c13-9-3-4-10(14)8(6-9)7-17-12-11(15)2-1-5-16-12/h1-6H,7,15H2. The number of halogens is 2. The molecule has 2 aromatic rings. The highest BCUT2D eigenvalue weighted by molar-refractivity contribution is 7.98. The van der Waals surface area contributed by atoms with Gasteiger partial charge in [0.1, 0.15) is 16.7 Å². The van der Waals surface area contributed by atoms with E-state index in [0.717, 1.165) is 12.1 Å². The summed E-state index contributed by atoms with van der Waals surface area (Å²) in [6, 6.07) is 6.84. The quantitative estimate of drug-likeness (QED) is 0.852. The van der Waals surface area contributed by atoms with Gasteiger partial charge in [0, 0.05) is 17.5 Å². The van der Waals surface area contributed by atoms with Crippen molar-refractivity contribution in [3.63, 3.8) is 0 Å². The van der Waals surface area contributed by atoms with Gasteiger partial charge in [0.15, 0.2) is 0 Å². The van der Waals surface area contributed by atoms with Crippen molar-refractivity contribution in [1.29, 1.82) is 0 Å². The van der Waals surface area contributed by atoms with Crippen molar-refractivity contribution in [1.82, 2.24) is 4.98 Å². The molecule has 0 fully saturated rings. The Morgan fingerprint density at radius 2 is 2.06 bits per heavy atom. The van der Waals surface area contributed by atoms with E-state index >= 15 is 0 Å². The van der Waals surface area contributed by atoms with E-state index in [2.05, 4.69) is 4.98 Å². The van der Waals surface area contributed by atoms with Crippen LogP contribution < -0.4 is 5.73 Å². The molecule has 0 bridgehead atoms. The van der Waals surface area contributed by atoms with Crippen molar-refractivity contribution in [2.24, 2.45) is 0 Å². The second-order valence-electron chi connectivity index (χ2n) is 3.42. The lowest BCUT2D eigenvalue weighted by Gasteiger charge is -2.05. The van der Waals surface area contributed by atoms with Crippen LogP contribution in [0.4, 0.5) is 14.5 Å². The van der Waals surface area contributed by atoms with E-state index in [9.17, 15) is 8.78 Å². The van der Waals surface area contributed by atoms with E-state index in [0.29, 0.717) is 22.0 Å². The number of benzene rings is 1. The molecule has 0 aliphatic rings. The van der Waals surface area contributed by atoms with E-state index in [4.69, 9.17) is 5.73 Å². The fourth-order valence-corrected chi connectivity index (χ4v) is 2.21. The van der Waals surface area contributed by atoms with Gasteiger partial charge >= 0.3 is 0 Å². The van der Waals surface area contributed by atoms with Gasteiger partial charge in [0.2, 0.25) is 0 Å². The summed E-state index contributed by atoms with van der Waals surface area (Å²) in [6.07, 6.45) is 1.61. The molecule has 2 rings (SSSR count). The molecule has 0 aliphatic carbocycles. The minimum atomic E-state index is -0.448. The van der Waals surface area contributed by atoms with Crippen LogP contribution in [0.1, 0.15) is 5.56 Å². The average Bonchev–Trinajstić information content (AvgIpc) is 2.32. The lowest BCUT2D eigenvalue weighted by Crippen LogP contribution is -1.93. The Morgan fingerprint density at radius 1 is 1.24 bits per heavy atom. The fraction of sp³-hybridized carbons (Fsp3) is 0.0833. The van der Waals surface area contributed by atoms with E-state index in [1.54, 1.807) is 18.3 Å². The highest BCUT2D eigenvalue weighted by Gasteiger charge is 2.06. The summed E-state index contributed by atoms with van der Waals surface area (Å²) in [6.45, 7) is 0. The molecular formula is C12H10F2N2S. The number of rotatable bonds is 3. The number of hydrogen-bond donors (Lipinski definition) is 1. The zero-order valence-electron chi connectivity index (χ0n) is 8.86. The molecule has 2 N–H and O–H groups in total. The van der Waals surface area contributed by atoms with Gasteiger partial charge < -0.3 is 5.73 Å². The summed E-state index contributed by atoms with van der Waals surface area (Å²) in [5.74, 6) is -0.574. The van der Waals surface area contributed by atoms with E-state index < -0.39 is 11.6 Å². The maximum absolute atomic E-state index is 13.3. The molecule has 88 valence electrons. The van der Waals surface area contributed by atoms with Gasteiger partial charge in [-0.1, -0.05) is 11.8 Å². The highest BCUT2D eigenvalue weighted by atomic mass is 32.2. The third-order valence-electron chi connectivity index (χ3n) is 2.17. The first kappa shape index (κ1) is 11.9. The zero-order valence-corrected chi connectivity index (χ0v) is 9.68. The predicted molar refractivity (Wildman–Crippen MR) is 64.6 cm³/mol. The minimum Gasteiger partial charge on any atom is -0.397 e. The van der Waals surface area contributed by atoms with Crippen molar-refractivity contribution in [3.8, 4) is 0 Å². The smallest absolute Gasteiger partial charge is 0.127 e. The van der Waals surface area contributed by atoms with Crippen molar-refractivity contribution >= 4 is 17.4 Å². The Bertz CT molecular complexity index is 532.